The van der Waals surface area contributed by atoms with Gasteiger partial charge in [0.1, 0.15) is 11.4 Å². The minimum atomic E-state index is -4.30. The van der Waals surface area contributed by atoms with E-state index in [1.807, 2.05) is 12.1 Å². The lowest BCUT2D eigenvalue weighted by atomic mass is 9.76. The molecule has 4 aromatic carbocycles. The summed E-state index contributed by atoms with van der Waals surface area (Å²) in [6, 6.07) is 22.3. The number of anilines is 3. The highest BCUT2D eigenvalue weighted by Crippen LogP contribution is 2.39. The van der Waals surface area contributed by atoms with Gasteiger partial charge < -0.3 is 15.4 Å². The van der Waals surface area contributed by atoms with Gasteiger partial charge in [-0.25, -0.2) is 13.1 Å². The standard InChI is InChI=1S/C40H42Cl3N5O6S/c1-7-39(3,4)25-17-18-32(29(20-25)40(5,6)8-2)54-23-33(49)44-27-14-12-13-24(19-27)37(50)45-36-34(47-55(52,53)28-15-10-9-11-16-28)38(51)48(46-36)35-30(42)21-26(41)22-31(35)43/h9-22,46-47H,7-8,23H2,1-6H3,(H,44,49)(H,45,50). The molecular formula is C40H42Cl3N5O6S. The van der Waals surface area contributed by atoms with Gasteiger partial charge in [0.25, 0.3) is 27.4 Å². The minimum Gasteiger partial charge on any atom is -0.483 e. The molecule has 0 spiro atoms. The zero-order valence-corrected chi connectivity index (χ0v) is 34.2. The monoisotopic (exact) mass is 825 g/mol. The van der Waals surface area contributed by atoms with Crippen LogP contribution >= 0.6 is 34.8 Å². The number of carbonyl (C=O) groups excluding carboxylic acids is 2. The Hall–Kier alpha value is -4.75. The maximum atomic E-state index is 13.8. The van der Waals surface area contributed by atoms with Crippen LogP contribution in [0.25, 0.3) is 5.69 Å². The van der Waals surface area contributed by atoms with Crippen molar-refractivity contribution in [1.29, 1.82) is 0 Å². The molecule has 5 aromatic rings. The Morgan fingerprint density at radius 2 is 1.47 bits per heavy atom. The summed E-state index contributed by atoms with van der Waals surface area (Å²) in [5.41, 5.74) is 0.883. The van der Waals surface area contributed by atoms with Crippen molar-refractivity contribution in [2.24, 2.45) is 0 Å². The Morgan fingerprint density at radius 1 is 0.818 bits per heavy atom. The van der Waals surface area contributed by atoms with Gasteiger partial charge in [0.05, 0.1) is 14.9 Å². The van der Waals surface area contributed by atoms with E-state index in [4.69, 9.17) is 39.5 Å². The minimum absolute atomic E-state index is 0.0219. The summed E-state index contributed by atoms with van der Waals surface area (Å²) in [7, 11) is -4.30. The van der Waals surface area contributed by atoms with Crippen molar-refractivity contribution in [1.82, 2.24) is 9.78 Å². The molecule has 0 aliphatic carbocycles. The van der Waals surface area contributed by atoms with E-state index in [-0.39, 0.29) is 54.5 Å². The third-order valence-electron chi connectivity index (χ3n) is 9.65. The quantitative estimate of drug-likeness (QED) is 0.0876. The number of H-pyrrole nitrogens is 1. The SMILES string of the molecule is CCC(C)(C)c1ccc(OCC(=O)Nc2cccc(C(=O)Nc3[nH]n(-c4c(Cl)cc(Cl)cc4Cl)c(=O)c3NS(=O)(=O)c3ccccc3)c2)c(C(C)(C)CC)c1. The molecule has 2 amide bonds. The third-order valence-corrected chi connectivity index (χ3v) is 11.8. The van der Waals surface area contributed by atoms with Gasteiger partial charge in [-0.05, 0) is 77.8 Å². The smallest absolute Gasteiger partial charge is 0.297 e. The first kappa shape index (κ1) is 41.4. The second-order valence-electron chi connectivity index (χ2n) is 14.2. The van der Waals surface area contributed by atoms with Crippen LogP contribution in [0.3, 0.4) is 0 Å². The number of ether oxygens (including phenoxy) is 1. The van der Waals surface area contributed by atoms with Crippen LogP contribution < -0.4 is 25.7 Å². The largest absolute Gasteiger partial charge is 0.483 e. The summed E-state index contributed by atoms with van der Waals surface area (Å²) >= 11 is 18.9. The molecule has 0 atom stereocenters. The van der Waals surface area contributed by atoms with Crippen LogP contribution in [0.1, 0.15) is 75.9 Å². The number of hydrogen-bond donors (Lipinski definition) is 4. The number of sulfonamides is 1. The molecule has 0 unspecified atom stereocenters. The number of carbonyl (C=O) groups is 2. The normalized spacial score (nSPS) is 11.9. The average molecular weight is 827 g/mol. The van der Waals surface area contributed by atoms with E-state index >= 15 is 0 Å². The summed E-state index contributed by atoms with van der Waals surface area (Å²) in [6.45, 7) is 12.7. The molecular weight excluding hydrogens is 785 g/mol. The number of nitrogens with one attached hydrogen (secondary N) is 4. The van der Waals surface area contributed by atoms with Crippen molar-refractivity contribution in [2.45, 2.75) is 70.1 Å². The van der Waals surface area contributed by atoms with Crippen LogP contribution in [0, 0.1) is 0 Å². The lowest BCUT2D eigenvalue weighted by Crippen LogP contribution is -2.24. The molecule has 1 aromatic heterocycles. The first-order chi connectivity index (χ1) is 25.9. The maximum Gasteiger partial charge on any atom is 0.297 e. The van der Waals surface area contributed by atoms with Crippen LogP contribution in [0.2, 0.25) is 15.1 Å². The Bertz CT molecular complexity index is 2390. The number of hydrogen-bond acceptors (Lipinski definition) is 6. The fourth-order valence-corrected chi connectivity index (χ4v) is 7.66. The molecule has 0 aliphatic heterocycles. The van der Waals surface area contributed by atoms with E-state index in [0.717, 1.165) is 23.1 Å². The molecule has 0 saturated heterocycles. The van der Waals surface area contributed by atoms with Crippen molar-refractivity contribution >= 4 is 73.8 Å². The topological polar surface area (TPSA) is 151 Å². The zero-order chi connectivity index (χ0) is 40.3. The number of halogens is 3. The maximum absolute atomic E-state index is 13.8. The molecule has 1 heterocycles. The van der Waals surface area contributed by atoms with Crippen molar-refractivity contribution in [3.05, 3.63) is 127 Å². The number of nitrogens with zero attached hydrogens (tertiary/aromatic N) is 1. The second kappa shape index (κ2) is 16.5. The van der Waals surface area contributed by atoms with Crippen LogP contribution in [0.4, 0.5) is 17.2 Å². The summed E-state index contributed by atoms with van der Waals surface area (Å²) in [5.74, 6) is -0.882. The highest BCUT2D eigenvalue weighted by molar-refractivity contribution is 7.92. The van der Waals surface area contributed by atoms with Crippen LogP contribution in [-0.2, 0) is 25.6 Å². The van der Waals surface area contributed by atoms with E-state index in [1.54, 1.807) is 18.2 Å². The molecule has 5 rings (SSSR count). The van der Waals surface area contributed by atoms with E-state index < -0.39 is 33.1 Å². The van der Waals surface area contributed by atoms with Gasteiger partial charge in [-0.3, -0.25) is 24.2 Å². The molecule has 290 valence electrons. The molecule has 0 aliphatic rings. The van der Waals surface area contributed by atoms with Crippen LogP contribution in [0.15, 0.2) is 94.6 Å². The predicted molar refractivity (Wildman–Crippen MR) is 220 cm³/mol. The predicted octanol–water partition coefficient (Wildman–Crippen LogP) is 9.57. The van der Waals surface area contributed by atoms with Crippen LogP contribution in [0.5, 0.6) is 5.75 Å². The number of aromatic nitrogens is 2. The van der Waals surface area contributed by atoms with Gasteiger partial charge in [-0.15, -0.1) is 0 Å². The summed E-state index contributed by atoms with van der Waals surface area (Å²) in [6.07, 6.45) is 1.83. The summed E-state index contributed by atoms with van der Waals surface area (Å²) in [5, 5.41) is 8.18. The van der Waals surface area contributed by atoms with E-state index in [9.17, 15) is 22.8 Å². The Kier molecular flexibility index (Phi) is 12.5. The average Bonchev–Trinajstić information content (AvgIpc) is 3.43. The van der Waals surface area contributed by atoms with Crippen LogP contribution in [-0.4, -0.2) is 36.6 Å². The van der Waals surface area contributed by atoms with Crippen molar-refractivity contribution < 1.29 is 22.7 Å². The van der Waals surface area contributed by atoms with E-state index in [1.165, 1.54) is 54.1 Å². The number of rotatable bonds is 14. The van der Waals surface area contributed by atoms with Gasteiger partial charge in [-0.2, -0.15) is 0 Å². The molecule has 11 nitrogen and oxygen atoms in total. The molecule has 0 radical (unpaired) electrons. The number of aromatic amines is 1. The Labute approximate surface area is 335 Å². The van der Waals surface area contributed by atoms with Gasteiger partial charge in [0, 0.05) is 21.8 Å². The first-order valence-corrected chi connectivity index (χ1v) is 20.1. The Morgan fingerprint density at radius 3 is 2.11 bits per heavy atom. The summed E-state index contributed by atoms with van der Waals surface area (Å²) < 4.78 is 35.9. The highest BCUT2D eigenvalue weighted by Gasteiger charge is 2.28. The highest BCUT2D eigenvalue weighted by atomic mass is 35.5. The van der Waals surface area contributed by atoms with Gasteiger partial charge in [0.15, 0.2) is 18.1 Å². The van der Waals surface area contributed by atoms with Crippen molar-refractivity contribution in [2.75, 3.05) is 22.0 Å². The van der Waals surface area contributed by atoms with Gasteiger partial charge in [-0.1, -0.05) is 113 Å². The van der Waals surface area contributed by atoms with Crippen molar-refractivity contribution in [3.63, 3.8) is 0 Å². The molecule has 55 heavy (non-hydrogen) atoms. The Balaban J connectivity index is 1.39. The number of benzene rings is 4. The zero-order valence-electron chi connectivity index (χ0n) is 31.1. The lowest BCUT2D eigenvalue weighted by Gasteiger charge is -2.30. The molecule has 0 fully saturated rings. The molecule has 15 heteroatoms. The second-order valence-corrected chi connectivity index (χ2v) is 17.1. The number of amides is 2. The lowest BCUT2D eigenvalue weighted by molar-refractivity contribution is -0.118. The molecule has 0 saturated carbocycles. The first-order valence-electron chi connectivity index (χ1n) is 17.4. The van der Waals surface area contributed by atoms with E-state index in [2.05, 4.69) is 68.1 Å². The van der Waals surface area contributed by atoms with Gasteiger partial charge in [0.2, 0.25) is 0 Å². The summed E-state index contributed by atoms with van der Waals surface area (Å²) in [4.78, 5) is 40.4. The van der Waals surface area contributed by atoms with Crippen molar-refractivity contribution in [3.8, 4) is 11.4 Å². The van der Waals surface area contributed by atoms with Gasteiger partial charge >= 0.3 is 0 Å². The fraction of sp³-hybridized carbons (Fsp3) is 0.275. The fourth-order valence-electron chi connectivity index (χ4n) is 5.59. The van der Waals surface area contributed by atoms with E-state index in [0.29, 0.717) is 11.4 Å². The molecule has 0 bridgehead atoms. The third kappa shape index (κ3) is 9.38. The molecule has 4 N–H and O–H groups in total.